The number of rotatable bonds is 6. The Balaban J connectivity index is 1.06. The predicted molar refractivity (Wildman–Crippen MR) is 129 cm³/mol. The van der Waals surface area contributed by atoms with Crippen LogP contribution in [0.3, 0.4) is 0 Å². The number of alkyl carbamates (subject to hydrolysis) is 1. The summed E-state index contributed by atoms with van der Waals surface area (Å²) in [7, 11) is 0. The first-order chi connectivity index (χ1) is 17.0. The molecule has 6 rings (SSSR count). The van der Waals surface area contributed by atoms with Gasteiger partial charge in [-0.25, -0.2) is 4.79 Å². The van der Waals surface area contributed by atoms with E-state index in [4.69, 9.17) is 4.74 Å². The van der Waals surface area contributed by atoms with Gasteiger partial charge in [0.2, 0.25) is 5.91 Å². The van der Waals surface area contributed by atoms with Crippen LogP contribution >= 0.6 is 0 Å². The zero-order chi connectivity index (χ0) is 24.2. The summed E-state index contributed by atoms with van der Waals surface area (Å²) in [6, 6.07) is 16.4. The van der Waals surface area contributed by atoms with Crippen LogP contribution in [-0.2, 0) is 14.3 Å². The van der Waals surface area contributed by atoms with Crippen molar-refractivity contribution in [1.29, 1.82) is 0 Å². The predicted octanol–water partition coefficient (Wildman–Crippen LogP) is 3.87. The molecule has 2 saturated carbocycles. The Labute approximate surface area is 204 Å². The number of amides is 2. The molecule has 1 aliphatic heterocycles. The summed E-state index contributed by atoms with van der Waals surface area (Å²) in [6.07, 6.45) is 2.68. The SMILES string of the molecule is O=C(NCC1(C(=O)N2CC[C@H]3C(C(=O)O)[C@H]3C2)CCC1)OCC1c2ccccc2-c2ccccc21. The molecule has 0 aromatic heterocycles. The highest BCUT2D eigenvalue weighted by Crippen LogP contribution is 2.53. The van der Waals surface area contributed by atoms with Gasteiger partial charge < -0.3 is 20.1 Å². The average Bonchev–Trinajstić information content (AvgIpc) is 3.49. The monoisotopic (exact) mass is 474 g/mol. The lowest BCUT2D eigenvalue weighted by molar-refractivity contribution is -0.148. The number of carboxylic acids is 1. The van der Waals surface area contributed by atoms with Gasteiger partial charge in [-0.1, -0.05) is 55.0 Å². The fourth-order valence-electron chi connectivity index (χ4n) is 6.59. The van der Waals surface area contributed by atoms with E-state index >= 15 is 0 Å². The molecule has 35 heavy (non-hydrogen) atoms. The Kier molecular flexibility index (Phi) is 5.31. The van der Waals surface area contributed by atoms with E-state index in [2.05, 4.69) is 29.6 Å². The maximum Gasteiger partial charge on any atom is 0.407 e. The largest absolute Gasteiger partial charge is 0.481 e. The number of benzene rings is 2. The summed E-state index contributed by atoms with van der Waals surface area (Å²) in [6.45, 7) is 1.63. The molecule has 1 unspecified atom stereocenters. The smallest absolute Gasteiger partial charge is 0.407 e. The first-order valence-electron chi connectivity index (χ1n) is 12.6. The second kappa shape index (κ2) is 8.40. The molecule has 2 aromatic carbocycles. The second-order valence-corrected chi connectivity index (χ2v) is 10.5. The van der Waals surface area contributed by atoms with Crippen LogP contribution in [0.1, 0.15) is 42.7 Å². The number of nitrogens with zero attached hydrogens (tertiary/aromatic N) is 1. The number of hydrogen-bond donors (Lipinski definition) is 2. The molecule has 3 fully saturated rings. The summed E-state index contributed by atoms with van der Waals surface area (Å²) in [4.78, 5) is 39.3. The number of likely N-dealkylation sites (tertiary alicyclic amines) is 1. The van der Waals surface area contributed by atoms with Gasteiger partial charge in [0.1, 0.15) is 6.61 Å². The van der Waals surface area contributed by atoms with Crippen molar-refractivity contribution in [3.05, 3.63) is 59.7 Å². The minimum atomic E-state index is -0.746. The van der Waals surface area contributed by atoms with Crippen LogP contribution in [-0.4, -0.2) is 54.2 Å². The number of ether oxygens (including phenoxy) is 1. The molecular formula is C28H30N2O5. The van der Waals surface area contributed by atoms with Crippen molar-refractivity contribution in [2.45, 2.75) is 31.6 Å². The van der Waals surface area contributed by atoms with Crippen molar-refractivity contribution in [1.82, 2.24) is 10.2 Å². The molecule has 2 aromatic rings. The molecule has 4 aliphatic rings. The lowest BCUT2D eigenvalue weighted by Gasteiger charge is -2.44. The van der Waals surface area contributed by atoms with Crippen LogP contribution in [0.4, 0.5) is 4.79 Å². The Morgan fingerprint density at radius 2 is 1.66 bits per heavy atom. The summed E-state index contributed by atoms with van der Waals surface area (Å²) in [5, 5.41) is 12.2. The van der Waals surface area contributed by atoms with Crippen LogP contribution in [0, 0.1) is 23.2 Å². The summed E-state index contributed by atoms with van der Waals surface area (Å²) >= 11 is 0. The average molecular weight is 475 g/mol. The minimum Gasteiger partial charge on any atom is -0.481 e. The maximum absolute atomic E-state index is 13.4. The Hall–Kier alpha value is -3.35. The Morgan fingerprint density at radius 1 is 1.00 bits per heavy atom. The van der Waals surface area contributed by atoms with Gasteiger partial charge in [0.25, 0.3) is 0 Å². The highest BCUT2D eigenvalue weighted by Gasteiger charge is 2.59. The topological polar surface area (TPSA) is 95.9 Å². The number of fused-ring (bicyclic) bond motifs is 4. The van der Waals surface area contributed by atoms with E-state index in [1.165, 1.54) is 11.1 Å². The Morgan fingerprint density at radius 3 is 2.26 bits per heavy atom. The molecule has 0 radical (unpaired) electrons. The van der Waals surface area contributed by atoms with E-state index in [0.717, 1.165) is 36.8 Å². The number of aliphatic carboxylic acids is 1. The molecule has 2 amide bonds. The minimum absolute atomic E-state index is 0.00513. The number of carbonyl (C=O) groups is 3. The van der Waals surface area contributed by atoms with Crippen LogP contribution in [0.15, 0.2) is 48.5 Å². The van der Waals surface area contributed by atoms with Crippen LogP contribution in [0.25, 0.3) is 11.1 Å². The van der Waals surface area contributed by atoms with E-state index in [-0.39, 0.29) is 42.7 Å². The lowest BCUT2D eigenvalue weighted by Crippen LogP contribution is -2.55. The molecule has 0 bridgehead atoms. The van der Waals surface area contributed by atoms with Gasteiger partial charge in [-0.3, -0.25) is 9.59 Å². The van der Waals surface area contributed by atoms with Crippen LogP contribution in [0.5, 0.6) is 0 Å². The lowest BCUT2D eigenvalue weighted by atomic mass is 9.67. The first kappa shape index (κ1) is 22.1. The molecular weight excluding hydrogens is 444 g/mol. The van der Waals surface area contributed by atoms with E-state index in [9.17, 15) is 19.5 Å². The Bertz CT molecular complexity index is 1140. The van der Waals surface area contributed by atoms with E-state index < -0.39 is 17.5 Å². The molecule has 7 nitrogen and oxygen atoms in total. The maximum atomic E-state index is 13.4. The molecule has 2 N–H and O–H groups in total. The van der Waals surface area contributed by atoms with Gasteiger partial charge in [-0.05, 0) is 53.4 Å². The third-order valence-corrected chi connectivity index (χ3v) is 8.75. The van der Waals surface area contributed by atoms with Gasteiger partial charge in [0.05, 0.1) is 11.3 Å². The number of piperidine rings is 1. The van der Waals surface area contributed by atoms with Crippen molar-refractivity contribution in [3.63, 3.8) is 0 Å². The summed E-state index contributed by atoms with van der Waals surface area (Å²) in [5.41, 5.74) is 4.10. The van der Waals surface area contributed by atoms with Crippen molar-refractivity contribution >= 4 is 18.0 Å². The number of carboxylic acid groups (broad SMARTS) is 1. The van der Waals surface area contributed by atoms with Gasteiger partial charge >= 0.3 is 12.1 Å². The van der Waals surface area contributed by atoms with Crippen molar-refractivity contribution in [2.24, 2.45) is 23.2 Å². The summed E-state index contributed by atoms with van der Waals surface area (Å²) in [5.74, 6) is -0.703. The van der Waals surface area contributed by atoms with E-state index in [1.807, 2.05) is 29.2 Å². The summed E-state index contributed by atoms with van der Waals surface area (Å²) < 4.78 is 5.65. The van der Waals surface area contributed by atoms with Crippen molar-refractivity contribution in [2.75, 3.05) is 26.2 Å². The van der Waals surface area contributed by atoms with Gasteiger partial charge in [-0.2, -0.15) is 0 Å². The highest BCUT2D eigenvalue weighted by atomic mass is 16.5. The third kappa shape index (κ3) is 3.68. The van der Waals surface area contributed by atoms with E-state index in [1.54, 1.807) is 0 Å². The van der Waals surface area contributed by atoms with Crippen LogP contribution in [0.2, 0.25) is 0 Å². The van der Waals surface area contributed by atoms with Crippen molar-refractivity contribution < 1.29 is 24.2 Å². The number of carbonyl (C=O) groups excluding carboxylic acids is 2. The van der Waals surface area contributed by atoms with Gasteiger partial charge in [-0.15, -0.1) is 0 Å². The third-order valence-electron chi connectivity index (χ3n) is 8.75. The molecule has 1 saturated heterocycles. The van der Waals surface area contributed by atoms with Gasteiger partial charge in [0.15, 0.2) is 0 Å². The standard InChI is InChI=1S/C28H30N2O5/c31-25(32)24-21-10-13-30(14-22(21)24)26(33)28(11-5-12-28)16-29-27(34)35-15-23-19-8-3-1-6-17(19)18-7-2-4-9-20(18)23/h1-4,6-9,21-24H,5,10-16H2,(H,29,34)(H,31,32)/t21-,22+,24?/m1/s1. The van der Waals surface area contributed by atoms with Gasteiger partial charge in [0, 0.05) is 25.6 Å². The fourth-order valence-corrected chi connectivity index (χ4v) is 6.59. The van der Waals surface area contributed by atoms with E-state index in [0.29, 0.717) is 13.1 Å². The normalized spacial score (nSPS) is 25.5. The number of nitrogens with one attached hydrogen (secondary N) is 1. The molecule has 3 atom stereocenters. The first-order valence-corrected chi connectivity index (χ1v) is 12.6. The van der Waals surface area contributed by atoms with Crippen molar-refractivity contribution in [3.8, 4) is 11.1 Å². The molecule has 182 valence electrons. The fraction of sp³-hybridized carbons (Fsp3) is 0.464. The highest BCUT2D eigenvalue weighted by molar-refractivity contribution is 5.85. The number of hydrogen-bond acceptors (Lipinski definition) is 4. The molecule has 3 aliphatic carbocycles. The molecule has 7 heteroatoms. The quantitative estimate of drug-likeness (QED) is 0.663. The molecule has 1 heterocycles. The molecule has 0 spiro atoms. The zero-order valence-electron chi connectivity index (χ0n) is 19.6. The zero-order valence-corrected chi connectivity index (χ0v) is 19.6. The van der Waals surface area contributed by atoms with Crippen LogP contribution < -0.4 is 5.32 Å². The second-order valence-electron chi connectivity index (χ2n) is 10.5.